The van der Waals surface area contributed by atoms with Gasteiger partial charge in [-0.25, -0.2) is 0 Å². The largest absolute Gasteiger partial charge is 0.492 e. The first-order valence-corrected chi connectivity index (χ1v) is 7.20. The molecule has 18 heavy (non-hydrogen) atoms. The summed E-state index contributed by atoms with van der Waals surface area (Å²) in [6.07, 6.45) is 3.29. The molecule has 0 spiro atoms. The molecule has 0 radical (unpaired) electrons. The standard InChI is InChI=1S/C14H21Cl2NO/c1-3-11(2)17-8-4-5-9-18-14-7-6-12(15)10-13(14)16/h6-7,10-11,17H,3-5,8-9H2,1-2H3. The second-order valence-electron chi connectivity index (χ2n) is 4.39. The molecule has 0 bridgehead atoms. The fourth-order valence-corrected chi connectivity index (χ4v) is 1.96. The van der Waals surface area contributed by atoms with Gasteiger partial charge in [-0.05, 0) is 50.9 Å². The number of benzene rings is 1. The highest BCUT2D eigenvalue weighted by atomic mass is 35.5. The Morgan fingerprint density at radius 2 is 2.06 bits per heavy atom. The number of nitrogens with one attached hydrogen (secondary N) is 1. The van der Waals surface area contributed by atoms with Gasteiger partial charge in [-0.2, -0.15) is 0 Å². The van der Waals surface area contributed by atoms with Crippen molar-refractivity contribution in [1.82, 2.24) is 5.32 Å². The van der Waals surface area contributed by atoms with Gasteiger partial charge >= 0.3 is 0 Å². The van der Waals surface area contributed by atoms with Crippen LogP contribution in [0.15, 0.2) is 18.2 Å². The van der Waals surface area contributed by atoms with Crippen LogP contribution in [-0.2, 0) is 0 Å². The van der Waals surface area contributed by atoms with Crippen molar-refractivity contribution in [3.8, 4) is 5.75 Å². The summed E-state index contributed by atoms with van der Waals surface area (Å²) in [4.78, 5) is 0. The maximum absolute atomic E-state index is 6.01. The fraction of sp³-hybridized carbons (Fsp3) is 0.571. The van der Waals surface area contributed by atoms with E-state index in [0.717, 1.165) is 25.8 Å². The van der Waals surface area contributed by atoms with Crippen molar-refractivity contribution in [2.24, 2.45) is 0 Å². The third-order valence-corrected chi connectivity index (χ3v) is 3.36. The molecule has 0 aromatic heterocycles. The average Bonchev–Trinajstić information content (AvgIpc) is 2.35. The number of halogens is 2. The molecule has 1 N–H and O–H groups in total. The van der Waals surface area contributed by atoms with Gasteiger partial charge in [0.1, 0.15) is 5.75 Å². The zero-order chi connectivity index (χ0) is 13.4. The smallest absolute Gasteiger partial charge is 0.137 e. The lowest BCUT2D eigenvalue weighted by molar-refractivity contribution is 0.304. The molecule has 1 unspecified atom stereocenters. The van der Waals surface area contributed by atoms with Crippen LogP contribution in [0.3, 0.4) is 0 Å². The molecule has 0 saturated heterocycles. The second kappa shape index (κ2) is 8.63. The van der Waals surface area contributed by atoms with E-state index in [-0.39, 0.29) is 0 Å². The average molecular weight is 290 g/mol. The Hall–Kier alpha value is -0.440. The van der Waals surface area contributed by atoms with Gasteiger partial charge in [-0.1, -0.05) is 30.1 Å². The predicted octanol–water partition coefficient (Wildman–Crippen LogP) is 4.54. The van der Waals surface area contributed by atoms with Gasteiger partial charge in [0.25, 0.3) is 0 Å². The Labute approximate surface area is 120 Å². The summed E-state index contributed by atoms with van der Waals surface area (Å²) in [6, 6.07) is 5.88. The molecule has 0 amide bonds. The maximum atomic E-state index is 6.01. The molecule has 4 heteroatoms. The molecule has 0 aliphatic rings. The monoisotopic (exact) mass is 289 g/mol. The molecule has 1 aromatic carbocycles. The van der Waals surface area contributed by atoms with Gasteiger partial charge in [0, 0.05) is 11.1 Å². The van der Waals surface area contributed by atoms with Crippen LogP contribution in [0.25, 0.3) is 0 Å². The quantitative estimate of drug-likeness (QED) is 0.710. The molecule has 0 saturated carbocycles. The molecule has 0 heterocycles. The SMILES string of the molecule is CCC(C)NCCCCOc1ccc(Cl)cc1Cl. The van der Waals surface area contributed by atoms with E-state index in [1.165, 1.54) is 0 Å². The number of rotatable bonds is 8. The lowest BCUT2D eigenvalue weighted by Crippen LogP contribution is -2.26. The van der Waals surface area contributed by atoms with E-state index in [1.54, 1.807) is 12.1 Å². The highest BCUT2D eigenvalue weighted by Gasteiger charge is 2.02. The van der Waals surface area contributed by atoms with Crippen molar-refractivity contribution in [2.45, 2.75) is 39.2 Å². The minimum atomic E-state index is 0.570. The number of unbranched alkanes of at least 4 members (excludes halogenated alkanes) is 1. The highest BCUT2D eigenvalue weighted by molar-refractivity contribution is 6.35. The predicted molar refractivity (Wildman–Crippen MR) is 78.9 cm³/mol. The Bertz CT molecular complexity index is 358. The number of ether oxygens (including phenoxy) is 1. The molecular weight excluding hydrogens is 269 g/mol. The molecule has 0 aliphatic carbocycles. The van der Waals surface area contributed by atoms with Crippen molar-refractivity contribution in [3.63, 3.8) is 0 Å². The van der Waals surface area contributed by atoms with E-state index in [1.807, 2.05) is 6.07 Å². The zero-order valence-electron chi connectivity index (χ0n) is 11.0. The van der Waals surface area contributed by atoms with Crippen LogP contribution < -0.4 is 10.1 Å². The summed E-state index contributed by atoms with van der Waals surface area (Å²) in [5.41, 5.74) is 0. The zero-order valence-corrected chi connectivity index (χ0v) is 12.5. The minimum absolute atomic E-state index is 0.570. The van der Waals surface area contributed by atoms with E-state index >= 15 is 0 Å². The number of hydrogen-bond acceptors (Lipinski definition) is 2. The van der Waals surface area contributed by atoms with Crippen LogP contribution in [0.1, 0.15) is 33.1 Å². The third kappa shape index (κ3) is 5.94. The van der Waals surface area contributed by atoms with Gasteiger partial charge in [0.15, 0.2) is 0 Å². The Morgan fingerprint density at radius 1 is 1.28 bits per heavy atom. The first-order chi connectivity index (χ1) is 8.63. The molecule has 1 rings (SSSR count). The maximum Gasteiger partial charge on any atom is 0.137 e. The Kier molecular flexibility index (Phi) is 7.48. The van der Waals surface area contributed by atoms with Crippen molar-refractivity contribution in [3.05, 3.63) is 28.2 Å². The number of hydrogen-bond donors (Lipinski definition) is 1. The molecule has 0 fully saturated rings. The molecule has 2 nitrogen and oxygen atoms in total. The first kappa shape index (κ1) is 15.6. The summed E-state index contributed by atoms with van der Waals surface area (Å²) in [6.45, 7) is 6.10. The van der Waals surface area contributed by atoms with Crippen LogP contribution in [0.4, 0.5) is 0 Å². The summed E-state index contributed by atoms with van der Waals surface area (Å²) < 4.78 is 5.61. The second-order valence-corrected chi connectivity index (χ2v) is 5.24. The molecule has 1 atom stereocenters. The van der Waals surface area contributed by atoms with Gasteiger partial charge in [-0.3, -0.25) is 0 Å². The fourth-order valence-electron chi connectivity index (χ4n) is 1.49. The van der Waals surface area contributed by atoms with Crippen LogP contribution >= 0.6 is 23.2 Å². The summed E-state index contributed by atoms with van der Waals surface area (Å²) in [5.74, 6) is 0.705. The van der Waals surface area contributed by atoms with Crippen LogP contribution in [-0.4, -0.2) is 19.2 Å². The van der Waals surface area contributed by atoms with Crippen LogP contribution in [0.2, 0.25) is 10.0 Å². The molecule has 102 valence electrons. The van der Waals surface area contributed by atoms with Gasteiger partial charge < -0.3 is 10.1 Å². The molecular formula is C14H21Cl2NO. The van der Waals surface area contributed by atoms with E-state index in [0.29, 0.717) is 28.4 Å². The van der Waals surface area contributed by atoms with E-state index in [9.17, 15) is 0 Å². The molecule has 1 aromatic rings. The lowest BCUT2D eigenvalue weighted by atomic mass is 10.2. The van der Waals surface area contributed by atoms with Crippen molar-refractivity contribution < 1.29 is 4.74 Å². The van der Waals surface area contributed by atoms with E-state index in [2.05, 4.69) is 19.2 Å². The van der Waals surface area contributed by atoms with E-state index in [4.69, 9.17) is 27.9 Å². The summed E-state index contributed by atoms with van der Waals surface area (Å²) in [7, 11) is 0. The minimum Gasteiger partial charge on any atom is -0.492 e. The third-order valence-electron chi connectivity index (χ3n) is 2.83. The Morgan fingerprint density at radius 3 is 2.72 bits per heavy atom. The van der Waals surface area contributed by atoms with E-state index < -0.39 is 0 Å². The van der Waals surface area contributed by atoms with Crippen molar-refractivity contribution in [2.75, 3.05) is 13.2 Å². The van der Waals surface area contributed by atoms with Crippen molar-refractivity contribution in [1.29, 1.82) is 0 Å². The van der Waals surface area contributed by atoms with Crippen LogP contribution in [0, 0.1) is 0 Å². The van der Waals surface area contributed by atoms with Gasteiger partial charge in [0.05, 0.1) is 11.6 Å². The van der Waals surface area contributed by atoms with Crippen LogP contribution in [0.5, 0.6) is 5.75 Å². The topological polar surface area (TPSA) is 21.3 Å². The van der Waals surface area contributed by atoms with Gasteiger partial charge in [0.2, 0.25) is 0 Å². The summed E-state index contributed by atoms with van der Waals surface area (Å²) >= 11 is 11.8. The summed E-state index contributed by atoms with van der Waals surface area (Å²) in [5, 5.41) is 4.65. The Balaban J connectivity index is 2.14. The molecule has 0 aliphatic heterocycles. The first-order valence-electron chi connectivity index (χ1n) is 6.44. The lowest BCUT2D eigenvalue weighted by Gasteiger charge is -2.11. The van der Waals surface area contributed by atoms with Crippen molar-refractivity contribution >= 4 is 23.2 Å². The highest BCUT2D eigenvalue weighted by Crippen LogP contribution is 2.27. The van der Waals surface area contributed by atoms with Gasteiger partial charge in [-0.15, -0.1) is 0 Å². The normalized spacial score (nSPS) is 12.4.